The maximum absolute atomic E-state index is 2.55. The van der Waals surface area contributed by atoms with Crippen molar-refractivity contribution in [2.45, 2.75) is 0 Å². The lowest BCUT2D eigenvalue weighted by atomic mass is 9.93. The fourth-order valence-electron chi connectivity index (χ4n) is 13.9. The van der Waals surface area contributed by atoms with Crippen LogP contribution in [0.4, 0.5) is 0 Å². The molecule has 3 nitrogen and oxygen atoms in total. The third kappa shape index (κ3) is 5.41. The SMILES string of the molecule is c1ccc2c(c1)sc1c2ccc2c3ccccc3n(-c3ccc4c(c3)c3ccc(-n5c6ccccc6c6ccc7c8ccccc8sc7c65)cc3c3ccc(-n5c6ccccc6c6ccc7c8ccccc8sc7c65)cc43)c21. The molecule has 19 aromatic rings. The summed E-state index contributed by atoms with van der Waals surface area (Å²) in [5, 5.41) is 22.9. The monoisotopic (exact) mass is 1040 g/mol. The molecule has 6 heterocycles. The molecule has 0 atom stereocenters. The molecule has 0 N–H and O–H groups in total. The van der Waals surface area contributed by atoms with Crippen LogP contribution < -0.4 is 0 Å². The zero-order valence-electron chi connectivity index (χ0n) is 41.6. The minimum absolute atomic E-state index is 1.16. The zero-order valence-corrected chi connectivity index (χ0v) is 44.0. The first-order chi connectivity index (χ1) is 38.7. The van der Waals surface area contributed by atoms with Crippen molar-refractivity contribution < 1.29 is 0 Å². The van der Waals surface area contributed by atoms with Gasteiger partial charge in [-0.1, -0.05) is 164 Å². The van der Waals surface area contributed by atoms with Gasteiger partial charge in [-0.05, 0) is 105 Å². The molecule has 19 rings (SSSR count). The van der Waals surface area contributed by atoms with E-state index in [1.165, 1.54) is 158 Å². The number of benzene rings is 13. The van der Waals surface area contributed by atoms with Crippen molar-refractivity contribution in [2.75, 3.05) is 0 Å². The van der Waals surface area contributed by atoms with Crippen LogP contribution in [0.5, 0.6) is 0 Å². The quantitative estimate of drug-likeness (QED) is 0.157. The number of thiophene rings is 3. The lowest BCUT2D eigenvalue weighted by Crippen LogP contribution is -1.97. The molecule has 0 unspecified atom stereocenters. The smallest absolute Gasteiger partial charge is 0.0719 e. The van der Waals surface area contributed by atoms with E-state index in [-0.39, 0.29) is 0 Å². The molecule has 0 fully saturated rings. The van der Waals surface area contributed by atoms with Crippen LogP contribution in [-0.2, 0) is 0 Å². The van der Waals surface area contributed by atoms with Crippen LogP contribution in [0.2, 0.25) is 0 Å². The van der Waals surface area contributed by atoms with Gasteiger partial charge in [-0.3, -0.25) is 0 Å². The Balaban J connectivity index is 0.940. The Morgan fingerprint density at radius 3 is 0.769 bits per heavy atom. The number of nitrogens with zero attached hydrogens (tertiary/aromatic N) is 3. The van der Waals surface area contributed by atoms with Gasteiger partial charge in [-0.25, -0.2) is 0 Å². The summed E-state index contributed by atoms with van der Waals surface area (Å²) in [4.78, 5) is 0. The summed E-state index contributed by atoms with van der Waals surface area (Å²) in [5.74, 6) is 0. The zero-order chi connectivity index (χ0) is 50.5. The summed E-state index contributed by atoms with van der Waals surface area (Å²) >= 11 is 5.72. The molecule has 360 valence electrons. The molecule has 78 heavy (non-hydrogen) atoms. The van der Waals surface area contributed by atoms with Crippen molar-refractivity contribution in [2.24, 2.45) is 0 Å². The third-order valence-corrected chi connectivity index (χ3v) is 20.8. The first kappa shape index (κ1) is 41.9. The van der Waals surface area contributed by atoms with Crippen molar-refractivity contribution in [3.8, 4) is 17.1 Å². The Bertz CT molecular complexity index is 5290. The van der Waals surface area contributed by atoms with E-state index in [1.807, 2.05) is 34.0 Å². The van der Waals surface area contributed by atoms with Crippen LogP contribution in [0.3, 0.4) is 0 Å². The van der Waals surface area contributed by atoms with Gasteiger partial charge in [-0.15, -0.1) is 34.0 Å². The molecule has 0 spiro atoms. The van der Waals surface area contributed by atoms with E-state index in [0.717, 1.165) is 17.1 Å². The van der Waals surface area contributed by atoms with Crippen molar-refractivity contribution in [3.63, 3.8) is 0 Å². The minimum Gasteiger partial charge on any atom is -0.308 e. The number of hydrogen-bond acceptors (Lipinski definition) is 3. The van der Waals surface area contributed by atoms with Crippen LogP contribution >= 0.6 is 34.0 Å². The van der Waals surface area contributed by atoms with Crippen LogP contribution in [-0.4, -0.2) is 13.7 Å². The summed E-state index contributed by atoms with van der Waals surface area (Å²) in [5.41, 5.74) is 10.9. The summed E-state index contributed by atoms with van der Waals surface area (Å²) in [6.07, 6.45) is 0. The Kier molecular flexibility index (Phi) is 8.17. The summed E-state index contributed by atoms with van der Waals surface area (Å²) in [7, 11) is 0. The van der Waals surface area contributed by atoms with Crippen LogP contribution in [0.25, 0.3) is 175 Å². The Morgan fingerprint density at radius 1 is 0.192 bits per heavy atom. The maximum Gasteiger partial charge on any atom is 0.0719 e. The second kappa shape index (κ2) is 15.2. The topological polar surface area (TPSA) is 14.8 Å². The van der Waals surface area contributed by atoms with Gasteiger partial charge in [0, 0.05) is 95.8 Å². The molecule has 0 aliphatic heterocycles. The van der Waals surface area contributed by atoms with E-state index in [1.54, 1.807) is 0 Å². The molecule has 0 saturated heterocycles. The first-order valence-corrected chi connectivity index (χ1v) is 29.1. The second-order valence-electron chi connectivity index (χ2n) is 21.1. The predicted octanol–water partition coefficient (Wildman–Crippen LogP) is 21.5. The predicted molar refractivity (Wildman–Crippen MR) is 341 cm³/mol. The van der Waals surface area contributed by atoms with Gasteiger partial charge in [0.15, 0.2) is 0 Å². The molecule has 13 aromatic carbocycles. The minimum atomic E-state index is 1.16. The highest BCUT2D eigenvalue weighted by Gasteiger charge is 2.23. The van der Waals surface area contributed by atoms with E-state index in [4.69, 9.17) is 0 Å². The van der Waals surface area contributed by atoms with Gasteiger partial charge in [0.25, 0.3) is 0 Å². The van der Waals surface area contributed by atoms with Gasteiger partial charge in [0.05, 0.1) is 47.2 Å². The molecular formula is C72H39N3S3. The molecular weight excluding hydrogens is 1000 g/mol. The van der Waals surface area contributed by atoms with Crippen LogP contribution in [0.1, 0.15) is 0 Å². The average molecular weight is 1040 g/mol. The molecule has 0 aliphatic rings. The van der Waals surface area contributed by atoms with Gasteiger partial charge in [0.2, 0.25) is 0 Å². The summed E-state index contributed by atoms with van der Waals surface area (Å²) in [6.45, 7) is 0. The fourth-order valence-corrected chi connectivity index (χ4v) is 17.6. The number of hydrogen-bond donors (Lipinski definition) is 0. The number of fused-ring (bicyclic) bond motifs is 27. The highest BCUT2D eigenvalue weighted by molar-refractivity contribution is 7.27. The Hall–Kier alpha value is -9.30. The van der Waals surface area contributed by atoms with E-state index < -0.39 is 0 Å². The summed E-state index contributed by atoms with van der Waals surface area (Å²) < 4.78 is 15.5. The molecule has 6 aromatic heterocycles. The molecule has 0 radical (unpaired) electrons. The summed E-state index contributed by atoms with van der Waals surface area (Å²) in [6, 6.07) is 89.5. The highest BCUT2D eigenvalue weighted by Crippen LogP contribution is 2.48. The van der Waals surface area contributed by atoms with E-state index in [2.05, 4.69) is 250 Å². The maximum atomic E-state index is 2.55. The van der Waals surface area contributed by atoms with Gasteiger partial charge in [0.1, 0.15) is 0 Å². The van der Waals surface area contributed by atoms with E-state index >= 15 is 0 Å². The van der Waals surface area contributed by atoms with Gasteiger partial charge < -0.3 is 13.7 Å². The van der Waals surface area contributed by atoms with Crippen LogP contribution in [0.15, 0.2) is 237 Å². The normalized spacial score (nSPS) is 12.6. The Labute approximate surface area is 456 Å². The van der Waals surface area contributed by atoms with Gasteiger partial charge >= 0.3 is 0 Å². The van der Waals surface area contributed by atoms with Gasteiger partial charge in [-0.2, -0.15) is 0 Å². The number of aromatic nitrogens is 3. The molecule has 0 bridgehead atoms. The number of para-hydroxylation sites is 3. The van der Waals surface area contributed by atoms with Crippen LogP contribution in [0, 0.1) is 0 Å². The van der Waals surface area contributed by atoms with Crippen molar-refractivity contribution >= 4 is 192 Å². The Morgan fingerprint density at radius 2 is 0.449 bits per heavy atom. The molecule has 0 aliphatic carbocycles. The average Bonchev–Trinajstić information content (AvgIpc) is 4.35. The van der Waals surface area contributed by atoms with Crippen molar-refractivity contribution in [1.82, 2.24) is 13.7 Å². The second-order valence-corrected chi connectivity index (χ2v) is 24.2. The standard InChI is InChI=1S/C72H39N3S3/c1-7-19-61-46(13-1)52-31-34-55-49-16-4-10-22-64(49)76-70(55)67(52)73(61)40-25-28-43-58(37-40)44-29-26-41(74-62-20-8-2-14-47(62)53-32-35-56-50-17-5-11-23-65(50)77-71(56)68(53)74)39-60(44)45-30-27-42(38-59(43)45)75-63-21-9-3-15-48(63)54-33-36-57-51-18-6-12-24-66(51)78-72(57)69(54)75/h1-39H. The largest absolute Gasteiger partial charge is 0.308 e. The molecule has 0 amide bonds. The van der Waals surface area contributed by atoms with E-state index in [9.17, 15) is 0 Å². The molecule has 6 heteroatoms. The fraction of sp³-hybridized carbons (Fsp3) is 0. The highest BCUT2D eigenvalue weighted by atomic mass is 32.1. The molecule has 0 saturated carbocycles. The lowest BCUT2D eigenvalue weighted by Gasteiger charge is -2.17. The third-order valence-electron chi connectivity index (χ3n) is 17.2. The first-order valence-electron chi connectivity index (χ1n) is 26.6. The van der Waals surface area contributed by atoms with E-state index in [0.29, 0.717) is 0 Å². The van der Waals surface area contributed by atoms with Crippen molar-refractivity contribution in [1.29, 1.82) is 0 Å². The van der Waals surface area contributed by atoms with Crippen molar-refractivity contribution in [3.05, 3.63) is 237 Å². The lowest BCUT2D eigenvalue weighted by molar-refractivity contribution is 1.19. The number of rotatable bonds is 3.